The summed E-state index contributed by atoms with van der Waals surface area (Å²) in [4.78, 5) is 27.2. The molecule has 6 nitrogen and oxygen atoms in total. The Bertz CT molecular complexity index is 663. The van der Waals surface area contributed by atoms with E-state index in [0.717, 1.165) is 16.9 Å². The van der Waals surface area contributed by atoms with Gasteiger partial charge in [0.05, 0.1) is 11.0 Å². The van der Waals surface area contributed by atoms with Crippen LogP contribution in [0, 0.1) is 6.92 Å². The fraction of sp³-hybridized carbons (Fsp3) is 0.400. The Morgan fingerprint density at radius 3 is 2.76 bits per heavy atom. The van der Waals surface area contributed by atoms with Gasteiger partial charge >= 0.3 is 0 Å². The Labute approximate surface area is 123 Å². The van der Waals surface area contributed by atoms with Crippen LogP contribution < -0.4 is 10.6 Å². The first-order valence-corrected chi connectivity index (χ1v) is 6.95. The van der Waals surface area contributed by atoms with Gasteiger partial charge in [0.2, 0.25) is 11.8 Å². The highest BCUT2D eigenvalue weighted by molar-refractivity contribution is 5.86. The lowest BCUT2D eigenvalue weighted by Crippen LogP contribution is -2.44. The molecular weight excluding hydrogens is 268 g/mol. The van der Waals surface area contributed by atoms with Crippen LogP contribution in [-0.4, -0.2) is 34.0 Å². The number of aryl methyl sites for hydroxylation is 1. The van der Waals surface area contributed by atoms with Crippen LogP contribution in [0.25, 0.3) is 11.0 Å². The van der Waals surface area contributed by atoms with Gasteiger partial charge in [-0.05, 0) is 26.0 Å². The van der Waals surface area contributed by atoms with E-state index in [0.29, 0.717) is 13.1 Å². The Morgan fingerprint density at radius 1 is 1.33 bits per heavy atom. The number of rotatable bonds is 5. The number of carbonyl (C=O) groups is 2. The van der Waals surface area contributed by atoms with E-state index in [1.807, 2.05) is 31.2 Å². The number of hydrogen-bond acceptors (Lipinski definition) is 3. The third-order valence-electron chi connectivity index (χ3n) is 3.29. The van der Waals surface area contributed by atoms with Crippen molar-refractivity contribution in [1.29, 1.82) is 0 Å². The predicted molar refractivity (Wildman–Crippen MR) is 80.8 cm³/mol. The molecule has 112 valence electrons. The van der Waals surface area contributed by atoms with Gasteiger partial charge in [0, 0.05) is 20.0 Å². The van der Waals surface area contributed by atoms with Gasteiger partial charge in [-0.3, -0.25) is 9.59 Å². The highest BCUT2D eigenvalue weighted by Crippen LogP contribution is 2.14. The van der Waals surface area contributed by atoms with Crippen molar-refractivity contribution in [3.63, 3.8) is 0 Å². The van der Waals surface area contributed by atoms with Gasteiger partial charge in [0.1, 0.15) is 11.9 Å². The molecule has 1 atom stereocenters. The lowest BCUT2D eigenvalue weighted by atomic mass is 10.3. The standard InChI is InChI=1S/C15H20N4O2/c1-10(17-12(3)20)15(21)16-8-9-19-11(2)18-13-6-4-5-7-14(13)19/h4-7,10H,8-9H2,1-3H3,(H,16,21)(H,17,20). The van der Waals surface area contributed by atoms with Crippen molar-refractivity contribution in [3.05, 3.63) is 30.1 Å². The molecule has 0 fully saturated rings. The van der Waals surface area contributed by atoms with Crippen LogP contribution in [0.3, 0.4) is 0 Å². The van der Waals surface area contributed by atoms with Crippen molar-refractivity contribution >= 4 is 22.8 Å². The molecule has 0 bridgehead atoms. The summed E-state index contributed by atoms with van der Waals surface area (Å²) in [5, 5.41) is 5.37. The van der Waals surface area contributed by atoms with Gasteiger partial charge in [0.15, 0.2) is 0 Å². The fourth-order valence-corrected chi connectivity index (χ4v) is 2.29. The van der Waals surface area contributed by atoms with Gasteiger partial charge in [-0.25, -0.2) is 4.98 Å². The van der Waals surface area contributed by atoms with Crippen molar-refractivity contribution in [2.75, 3.05) is 6.54 Å². The van der Waals surface area contributed by atoms with Gasteiger partial charge < -0.3 is 15.2 Å². The molecule has 2 N–H and O–H groups in total. The molecule has 1 heterocycles. The fourth-order valence-electron chi connectivity index (χ4n) is 2.29. The van der Waals surface area contributed by atoms with E-state index in [2.05, 4.69) is 20.2 Å². The van der Waals surface area contributed by atoms with Crippen molar-refractivity contribution < 1.29 is 9.59 Å². The van der Waals surface area contributed by atoms with Crippen LogP contribution in [0.15, 0.2) is 24.3 Å². The summed E-state index contributed by atoms with van der Waals surface area (Å²) in [7, 11) is 0. The molecule has 0 aliphatic carbocycles. The molecule has 6 heteroatoms. The van der Waals surface area contributed by atoms with E-state index in [1.54, 1.807) is 6.92 Å². The summed E-state index contributed by atoms with van der Waals surface area (Å²) >= 11 is 0. The summed E-state index contributed by atoms with van der Waals surface area (Å²) < 4.78 is 2.07. The van der Waals surface area contributed by atoms with Crippen LogP contribution in [0.1, 0.15) is 19.7 Å². The summed E-state index contributed by atoms with van der Waals surface area (Å²) in [6, 6.07) is 7.38. The summed E-state index contributed by atoms with van der Waals surface area (Å²) in [6.07, 6.45) is 0. The van der Waals surface area contributed by atoms with Crippen molar-refractivity contribution in [2.24, 2.45) is 0 Å². The number of fused-ring (bicyclic) bond motifs is 1. The van der Waals surface area contributed by atoms with Gasteiger partial charge in [0.25, 0.3) is 0 Å². The zero-order valence-electron chi connectivity index (χ0n) is 12.5. The van der Waals surface area contributed by atoms with Crippen LogP contribution in [-0.2, 0) is 16.1 Å². The number of aromatic nitrogens is 2. The molecule has 0 saturated heterocycles. The first-order valence-electron chi connectivity index (χ1n) is 6.95. The van der Waals surface area contributed by atoms with E-state index in [1.165, 1.54) is 6.92 Å². The number of nitrogens with one attached hydrogen (secondary N) is 2. The molecule has 0 aliphatic rings. The molecule has 1 aromatic carbocycles. The van der Waals surface area contributed by atoms with Crippen molar-refractivity contribution in [2.45, 2.75) is 33.4 Å². The number of para-hydroxylation sites is 2. The third kappa shape index (κ3) is 3.59. The van der Waals surface area contributed by atoms with E-state index in [-0.39, 0.29) is 11.8 Å². The van der Waals surface area contributed by atoms with Crippen LogP contribution >= 0.6 is 0 Å². The molecule has 0 radical (unpaired) electrons. The monoisotopic (exact) mass is 288 g/mol. The number of amides is 2. The van der Waals surface area contributed by atoms with E-state index < -0.39 is 6.04 Å². The van der Waals surface area contributed by atoms with Crippen LogP contribution in [0.2, 0.25) is 0 Å². The summed E-state index contributed by atoms with van der Waals surface area (Å²) in [6.45, 7) is 6.13. The minimum Gasteiger partial charge on any atom is -0.353 e. The first kappa shape index (κ1) is 15.0. The van der Waals surface area contributed by atoms with E-state index in [9.17, 15) is 9.59 Å². The van der Waals surface area contributed by atoms with E-state index >= 15 is 0 Å². The van der Waals surface area contributed by atoms with Gasteiger partial charge in [-0.2, -0.15) is 0 Å². The molecule has 2 amide bonds. The molecule has 2 rings (SSSR count). The molecule has 1 unspecified atom stereocenters. The molecule has 0 saturated carbocycles. The average molecular weight is 288 g/mol. The second-order valence-electron chi connectivity index (χ2n) is 5.01. The minimum atomic E-state index is -0.525. The number of imidazole rings is 1. The second kappa shape index (κ2) is 6.39. The SMILES string of the molecule is CC(=O)NC(C)C(=O)NCCn1c(C)nc2ccccc21. The summed E-state index contributed by atoms with van der Waals surface area (Å²) in [5.41, 5.74) is 2.01. The zero-order chi connectivity index (χ0) is 15.4. The lowest BCUT2D eigenvalue weighted by molar-refractivity contribution is -0.127. The maximum Gasteiger partial charge on any atom is 0.242 e. The Morgan fingerprint density at radius 2 is 2.05 bits per heavy atom. The molecule has 0 aliphatic heterocycles. The van der Waals surface area contributed by atoms with Gasteiger partial charge in [-0.1, -0.05) is 12.1 Å². The number of nitrogens with zero attached hydrogens (tertiary/aromatic N) is 2. The lowest BCUT2D eigenvalue weighted by Gasteiger charge is -2.13. The smallest absolute Gasteiger partial charge is 0.242 e. The zero-order valence-corrected chi connectivity index (χ0v) is 12.5. The van der Waals surface area contributed by atoms with Gasteiger partial charge in [-0.15, -0.1) is 0 Å². The largest absolute Gasteiger partial charge is 0.353 e. The minimum absolute atomic E-state index is 0.188. The third-order valence-corrected chi connectivity index (χ3v) is 3.29. The first-order chi connectivity index (χ1) is 9.99. The highest BCUT2D eigenvalue weighted by Gasteiger charge is 2.13. The predicted octanol–water partition coefficient (Wildman–Crippen LogP) is 0.986. The molecule has 2 aromatic rings. The average Bonchev–Trinajstić information content (AvgIpc) is 2.74. The maximum atomic E-state index is 11.8. The molecule has 21 heavy (non-hydrogen) atoms. The molecule has 1 aromatic heterocycles. The Hall–Kier alpha value is -2.37. The second-order valence-corrected chi connectivity index (χ2v) is 5.01. The van der Waals surface area contributed by atoms with Crippen molar-refractivity contribution in [1.82, 2.24) is 20.2 Å². The Kier molecular flexibility index (Phi) is 4.57. The highest BCUT2D eigenvalue weighted by atomic mass is 16.2. The Balaban J connectivity index is 1.95. The van der Waals surface area contributed by atoms with Crippen molar-refractivity contribution in [3.8, 4) is 0 Å². The summed E-state index contributed by atoms with van der Waals surface area (Å²) in [5.74, 6) is 0.515. The normalized spacial score (nSPS) is 12.1. The van der Waals surface area contributed by atoms with Crippen LogP contribution in [0.5, 0.6) is 0 Å². The molecular formula is C15H20N4O2. The quantitative estimate of drug-likeness (QED) is 0.861. The maximum absolute atomic E-state index is 11.8. The molecule has 0 spiro atoms. The van der Waals surface area contributed by atoms with Crippen LogP contribution in [0.4, 0.5) is 0 Å². The number of carbonyl (C=O) groups excluding carboxylic acids is 2. The number of benzene rings is 1. The van der Waals surface area contributed by atoms with E-state index in [4.69, 9.17) is 0 Å². The topological polar surface area (TPSA) is 76.0 Å². The number of hydrogen-bond donors (Lipinski definition) is 2.